The normalized spacial score (nSPS) is 24.7. The quantitative estimate of drug-likeness (QED) is 0.775. The fourth-order valence-corrected chi connectivity index (χ4v) is 5.12. The van der Waals surface area contributed by atoms with Gasteiger partial charge in [-0.2, -0.15) is 0 Å². The molecular weight excluding hydrogens is 418 g/mol. The summed E-state index contributed by atoms with van der Waals surface area (Å²) in [7, 11) is 0. The molecule has 0 radical (unpaired) electrons. The largest absolute Gasteiger partial charge is 0.336 e. The molecule has 1 aromatic rings. The van der Waals surface area contributed by atoms with Crippen molar-refractivity contribution in [3.05, 3.63) is 19.2 Å². The summed E-state index contributed by atoms with van der Waals surface area (Å²) in [6.45, 7) is 3.86. The van der Waals surface area contributed by atoms with Gasteiger partial charge in [-0.05, 0) is 70.3 Å². The van der Waals surface area contributed by atoms with Crippen molar-refractivity contribution in [3.8, 4) is 0 Å². The van der Waals surface area contributed by atoms with Gasteiger partial charge in [-0.3, -0.25) is 9.69 Å². The van der Waals surface area contributed by atoms with Crippen molar-refractivity contribution in [1.29, 1.82) is 0 Å². The number of nitrogens with two attached hydrogens (primary N) is 1. The van der Waals surface area contributed by atoms with Crippen LogP contribution in [0, 0.1) is 0 Å². The molecule has 2 N–H and O–H groups in total. The number of hydrogen-bond acceptors (Lipinski definition) is 4. The molecule has 2 fully saturated rings. The molecule has 21 heavy (non-hydrogen) atoms. The van der Waals surface area contributed by atoms with Gasteiger partial charge in [0.15, 0.2) is 0 Å². The van der Waals surface area contributed by atoms with Gasteiger partial charge in [0.25, 0.3) is 5.91 Å². The minimum atomic E-state index is 0.155. The molecule has 2 aliphatic heterocycles. The number of nitrogens with zero attached hydrogens (tertiary/aromatic N) is 2. The van der Waals surface area contributed by atoms with Crippen LogP contribution in [-0.2, 0) is 0 Å². The highest BCUT2D eigenvalue weighted by atomic mass is 79.9. The first-order chi connectivity index (χ1) is 10.0. The van der Waals surface area contributed by atoms with Gasteiger partial charge in [0.05, 0.1) is 8.66 Å². The predicted octanol–water partition coefficient (Wildman–Crippen LogP) is 2.91. The maximum absolute atomic E-state index is 12.5. The Morgan fingerprint density at radius 3 is 2.57 bits per heavy atom. The van der Waals surface area contributed by atoms with Crippen molar-refractivity contribution >= 4 is 49.1 Å². The highest BCUT2D eigenvalue weighted by Gasteiger charge is 2.32. The molecular formula is C14H19Br2N3OS. The molecule has 4 nitrogen and oxygen atoms in total. The fourth-order valence-electron chi connectivity index (χ4n) is 3.12. The summed E-state index contributed by atoms with van der Waals surface area (Å²) in [6, 6.07) is 2.78. The van der Waals surface area contributed by atoms with E-state index >= 15 is 0 Å². The number of rotatable bonds is 2. The molecule has 0 aromatic carbocycles. The highest BCUT2D eigenvalue weighted by molar-refractivity contribution is 9.13. The first kappa shape index (κ1) is 15.9. The number of halogens is 2. The summed E-state index contributed by atoms with van der Waals surface area (Å²) in [5, 5.41) is 0. The smallest absolute Gasteiger partial charge is 0.264 e. The summed E-state index contributed by atoms with van der Waals surface area (Å²) in [4.78, 5) is 17.9. The molecule has 0 bridgehead atoms. The van der Waals surface area contributed by atoms with Crippen molar-refractivity contribution in [1.82, 2.24) is 9.80 Å². The number of likely N-dealkylation sites (tertiary alicyclic amines) is 2. The van der Waals surface area contributed by atoms with Crippen molar-refractivity contribution < 1.29 is 4.79 Å². The molecule has 3 rings (SSSR count). The Kier molecular flexibility index (Phi) is 5.05. The molecule has 116 valence electrons. The molecule has 2 aliphatic rings. The molecule has 1 unspecified atom stereocenters. The summed E-state index contributed by atoms with van der Waals surface area (Å²) in [6.07, 6.45) is 3.24. The van der Waals surface area contributed by atoms with Crippen LogP contribution in [0.3, 0.4) is 0 Å². The Hall–Kier alpha value is 0.0500. The topological polar surface area (TPSA) is 49.6 Å². The van der Waals surface area contributed by atoms with Crippen LogP contribution in [0.25, 0.3) is 0 Å². The van der Waals surface area contributed by atoms with Gasteiger partial charge in [0.1, 0.15) is 0 Å². The minimum Gasteiger partial charge on any atom is -0.336 e. The van der Waals surface area contributed by atoms with Crippen LogP contribution >= 0.6 is 43.2 Å². The van der Waals surface area contributed by atoms with E-state index in [4.69, 9.17) is 5.73 Å². The van der Waals surface area contributed by atoms with Crippen molar-refractivity contribution in [3.63, 3.8) is 0 Å². The molecule has 0 spiro atoms. The van der Waals surface area contributed by atoms with Crippen LogP contribution < -0.4 is 5.73 Å². The van der Waals surface area contributed by atoms with Gasteiger partial charge in [-0.15, -0.1) is 11.3 Å². The van der Waals surface area contributed by atoms with Crippen LogP contribution in [0.15, 0.2) is 14.3 Å². The Morgan fingerprint density at radius 2 is 1.95 bits per heavy atom. The number of hydrogen-bond donors (Lipinski definition) is 1. The Labute approximate surface area is 145 Å². The average molecular weight is 437 g/mol. The second kappa shape index (κ2) is 6.66. The van der Waals surface area contributed by atoms with Gasteiger partial charge in [-0.1, -0.05) is 0 Å². The molecule has 7 heteroatoms. The maximum Gasteiger partial charge on any atom is 0.264 e. The lowest BCUT2D eigenvalue weighted by atomic mass is 10.0. The molecule has 3 heterocycles. The van der Waals surface area contributed by atoms with Crippen LogP contribution in [0.1, 0.15) is 28.9 Å². The summed E-state index contributed by atoms with van der Waals surface area (Å²) in [5.74, 6) is 0.155. The van der Waals surface area contributed by atoms with E-state index in [9.17, 15) is 4.79 Å². The Bertz CT molecular complexity index is 509. The standard InChI is InChI=1S/C14H19Br2N3OS/c15-11-7-12(21-13(11)16)14(20)19-6-3-10(8-19)18-4-1-9(17)2-5-18/h7,9-10H,1-6,8,17H2. The molecule has 1 amide bonds. The van der Waals surface area contributed by atoms with Gasteiger partial charge in [-0.25, -0.2) is 0 Å². The monoisotopic (exact) mass is 435 g/mol. The summed E-state index contributed by atoms with van der Waals surface area (Å²) in [5.41, 5.74) is 5.96. The van der Waals surface area contributed by atoms with Crippen LogP contribution in [0.2, 0.25) is 0 Å². The number of carbonyl (C=O) groups excluding carboxylic acids is 1. The van der Waals surface area contributed by atoms with Gasteiger partial charge in [0, 0.05) is 29.6 Å². The number of amides is 1. The zero-order chi connectivity index (χ0) is 15.0. The first-order valence-electron chi connectivity index (χ1n) is 7.28. The van der Waals surface area contributed by atoms with E-state index < -0.39 is 0 Å². The van der Waals surface area contributed by atoms with E-state index in [0.29, 0.717) is 12.1 Å². The lowest BCUT2D eigenvalue weighted by Crippen LogP contribution is -2.46. The van der Waals surface area contributed by atoms with E-state index in [1.54, 1.807) is 0 Å². The van der Waals surface area contributed by atoms with Gasteiger partial charge in [0.2, 0.25) is 0 Å². The predicted molar refractivity (Wildman–Crippen MR) is 92.8 cm³/mol. The zero-order valence-corrected chi connectivity index (χ0v) is 15.7. The Balaban J connectivity index is 1.60. The minimum absolute atomic E-state index is 0.155. The molecule has 1 atom stereocenters. The second-order valence-electron chi connectivity index (χ2n) is 5.80. The van der Waals surface area contributed by atoms with Crippen LogP contribution in [-0.4, -0.2) is 54.0 Å². The molecule has 1 aromatic heterocycles. The number of carbonyl (C=O) groups is 1. The average Bonchev–Trinajstić information content (AvgIpc) is 3.07. The maximum atomic E-state index is 12.5. The Morgan fingerprint density at radius 1 is 1.24 bits per heavy atom. The van der Waals surface area contributed by atoms with Gasteiger partial charge < -0.3 is 10.6 Å². The van der Waals surface area contributed by atoms with E-state index in [1.165, 1.54) is 11.3 Å². The zero-order valence-electron chi connectivity index (χ0n) is 11.7. The number of piperidine rings is 1. The van der Waals surface area contributed by atoms with Crippen molar-refractivity contribution in [2.45, 2.75) is 31.3 Å². The third-order valence-corrected chi connectivity index (χ3v) is 7.64. The van der Waals surface area contributed by atoms with E-state index in [-0.39, 0.29) is 5.91 Å². The first-order valence-corrected chi connectivity index (χ1v) is 9.68. The summed E-state index contributed by atoms with van der Waals surface area (Å²) < 4.78 is 1.93. The highest BCUT2D eigenvalue weighted by Crippen LogP contribution is 2.33. The van der Waals surface area contributed by atoms with Crippen LogP contribution in [0.4, 0.5) is 0 Å². The SMILES string of the molecule is NC1CCN(C2CCN(C(=O)c3cc(Br)c(Br)s3)C2)CC1. The van der Waals surface area contributed by atoms with Crippen LogP contribution in [0.5, 0.6) is 0 Å². The summed E-state index contributed by atoms with van der Waals surface area (Å²) >= 11 is 8.39. The fraction of sp³-hybridized carbons (Fsp3) is 0.643. The third-order valence-electron chi connectivity index (χ3n) is 4.40. The molecule has 0 saturated carbocycles. The van der Waals surface area contributed by atoms with E-state index in [2.05, 4.69) is 36.8 Å². The second-order valence-corrected chi connectivity index (χ2v) is 9.02. The number of thiophene rings is 1. The lowest BCUT2D eigenvalue weighted by molar-refractivity contribution is 0.0774. The van der Waals surface area contributed by atoms with E-state index in [1.807, 2.05) is 11.0 Å². The molecule has 2 saturated heterocycles. The molecule has 0 aliphatic carbocycles. The van der Waals surface area contributed by atoms with Gasteiger partial charge >= 0.3 is 0 Å². The van der Waals surface area contributed by atoms with Crippen molar-refractivity contribution in [2.24, 2.45) is 5.73 Å². The third kappa shape index (κ3) is 3.52. The van der Waals surface area contributed by atoms with E-state index in [0.717, 1.165) is 58.6 Å². The van der Waals surface area contributed by atoms with Crippen molar-refractivity contribution in [2.75, 3.05) is 26.2 Å². The lowest BCUT2D eigenvalue weighted by Gasteiger charge is -2.34.